The summed E-state index contributed by atoms with van der Waals surface area (Å²) in [6.45, 7) is 8.15. The Labute approximate surface area is 89.4 Å². The number of alkyl halides is 1. The predicted molar refractivity (Wildman–Crippen MR) is 63.5 cm³/mol. The molecule has 74 valence electrons. The van der Waals surface area contributed by atoms with Gasteiger partial charge in [0.2, 0.25) is 0 Å². The van der Waals surface area contributed by atoms with E-state index in [2.05, 4.69) is 34.7 Å². The van der Waals surface area contributed by atoms with Crippen LogP contribution in [-0.2, 0) is 0 Å². The third kappa shape index (κ3) is 7.44. The van der Waals surface area contributed by atoms with E-state index in [1.54, 1.807) is 0 Å². The average Bonchev–Trinajstić information content (AvgIpc) is 2.11. The maximum atomic E-state index is 3.46. The highest BCUT2D eigenvalue weighted by molar-refractivity contribution is 9.09. The van der Waals surface area contributed by atoms with Crippen LogP contribution in [0.3, 0.4) is 0 Å². The van der Waals surface area contributed by atoms with Crippen LogP contribution in [0.5, 0.6) is 0 Å². The van der Waals surface area contributed by atoms with Gasteiger partial charge >= 0.3 is 0 Å². The maximum absolute atomic E-state index is 3.46. The first-order valence-electron chi connectivity index (χ1n) is 4.71. The van der Waals surface area contributed by atoms with Crippen LogP contribution < -0.4 is 0 Å². The van der Waals surface area contributed by atoms with Gasteiger partial charge in [-0.2, -0.15) is 11.8 Å². The first kappa shape index (κ1) is 12.8. The van der Waals surface area contributed by atoms with Crippen LogP contribution in [0.15, 0.2) is 0 Å². The van der Waals surface area contributed by atoms with Crippen LogP contribution in [0.25, 0.3) is 0 Å². The van der Waals surface area contributed by atoms with Gasteiger partial charge in [0.05, 0.1) is 0 Å². The lowest BCUT2D eigenvalue weighted by Crippen LogP contribution is -2.27. The summed E-state index contributed by atoms with van der Waals surface area (Å²) in [5.41, 5.74) is 0. The molecule has 0 bridgehead atoms. The lowest BCUT2D eigenvalue weighted by Gasteiger charge is -2.19. The summed E-state index contributed by atoms with van der Waals surface area (Å²) in [5, 5.41) is 1.13. The minimum Gasteiger partial charge on any atom is -0.303 e. The minimum atomic E-state index is 1.13. The van der Waals surface area contributed by atoms with Crippen molar-refractivity contribution in [3.05, 3.63) is 0 Å². The van der Waals surface area contributed by atoms with Crippen LogP contribution in [0.4, 0.5) is 0 Å². The lowest BCUT2D eigenvalue weighted by molar-refractivity contribution is 0.308. The van der Waals surface area contributed by atoms with E-state index in [1.807, 2.05) is 11.8 Å². The molecule has 0 N–H and O–H groups in total. The lowest BCUT2D eigenvalue weighted by atomic mass is 10.4. The maximum Gasteiger partial charge on any atom is 0.00722 e. The van der Waals surface area contributed by atoms with Crippen molar-refractivity contribution >= 4 is 27.7 Å². The minimum absolute atomic E-state index is 1.13. The molecule has 0 aliphatic heterocycles. The van der Waals surface area contributed by atoms with Crippen LogP contribution in [0.2, 0.25) is 0 Å². The molecule has 0 unspecified atom stereocenters. The highest BCUT2D eigenvalue weighted by Gasteiger charge is 1.99. The molecule has 0 rings (SSSR count). The second kappa shape index (κ2) is 9.87. The molecule has 12 heavy (non-hydrogen) atoms. The third-order valence-corrected chi connectivity index (χ3v) is 3.25. The fourth-order valence-corrected chi connectivity index (χ4v) is 1.98. The van der Waals surface area contributed by atoms with E-state index in [4.69, 9.17) is 0 Å². The van der Waals surface area contributed by atoms with Crippen LogP contribution in [-0.4, -0.2) is 41.4 Å². The molecular formula is C9H20BrNS. The van der Waals surface area contributed by atoms with E-state index in [-0.39, 0.29) is 0 Å². The molecule has 0 aromatic carbocycles. The van der Waals surface area contributed by atoms with Crippen molar-refractivity contribution in [2.24, 2.45) is 0 Å². The molecule has 0 amide bonds. The summed E-state index contributed by atoms with van der Waals surface area (Å²) in [5.74, 6) is 2.53. The van der Waals surface area contributed by atoms with Gasteiger partial charge in [-0.1, -0.05) is 29.8 Å². The zero-order chi connectivity index (χ0) is 9.23. The van der Waals surface area contributed by atoms with Crippen molar-refractivity contribution in [3.63, 3.8) is 0 Å². The first-order valence-corrected chi connectivity index (χ1v) is 6.98. The first-order chi connectivity index (χ1) is 5.85. The molecule has 0 radical (unpaired) electrons. The largest absolute Gasteiger partial charge is 0.303 e. The highest BCUT2D eigenvalue weighted by atomic mass is 79.9. The van der Waals surface area contributed by atoms with E-state index < -0.39 is 0 Å². The molecule has 0 atom stereocenters. The molecule has 0 aliphatic carbocycles. The molecule has 1 nitrogen and oxygen atoms in total. The van der Waals surface area contributed by atoms with Crippen molar-refractivity contribution in [2.75, 3.05) is 36.5 Å². The standard InChI is InChI=1S/C9H20BrNS/c1-3-11(7-5-6-10)8-9-12-4-2/h3-9H2,1-2H3. The second-order valence-corrected chi connectivity index (χ2v) is 4.86. The van der Waals surface area contributed by atoms with Gasteiger partial charge in [-0.3, -0.25) is 0 Å². The van der Waals surface area contributed by atoms with Gasteiger partial charge in [-0.15, -0.1) is 0 Å². The van der Waals surface area contributed by atoms with Crippen LogP contribution >= 0.6 is 27.7 Å². The van der Waals surface area contributed by atoms with Gasteiger partial charge in [-0.25, -0.2) is 0 Å². The second-order valence-electron chi connectivity index (χ2n) is 2.67. The molecular weight excluding hydrogens is 234 g/mol. The Morgan fingerprint density at radius 3 is 2.50 bits per heavy atom. The van der Waals surface area contributed by atoms with E-state index in [1.165, 1.54) is 37.6 Å². The number of nitrogens with zero attached hydrogens (tertiary/aromatic N) is 1. The van der Waals surface area contributed by atoms with Crippen molar-refractivity contribution in [1.82, 2.24) is 4.90 Å². The van der Waals surface area contributed by atoms with Gasteiger partial charge in [0, 0.05) is 17.6 Å². The Hall–Kier alpha value is 0.790. The molecule has 0 aliphatic rings. The number of thioether (sulfide) groups is 1. The summed E-state index contributed by atoms with van der Waals surface area (Å²) in [4.78, 5) is 2.52. The quantitative estimate of drug-likeness (QED) is 0.484. The molecule has 3 heteroatoms. The molecule has 0 heterocycles. The van der Waals surface area contributed by atoms with Crippen molar-refractivity contribution in [1.29, 1.82) is 0 Å². The van der Waals surface area contributed by atoms with Gasteiger partial charge in [-0.05, 0) is 25.3 Å². The fraction of sp³-hybridized carbons (Fsp3) is 1.00. The normalized spacial score (nSPS) is 11.0. The van der Waals surface area contributed by atoms with Crippen molar-refractivity contribution in [3.8, 4) is 0 Å². The third-order valence-electron chi connectivity index (χ3n) is 1.81. The summed E-state index contributed by atoms with van der Waals surface area (Å²) in [6, 6.07) is 0. The summed E-state index contributed by atoms with van der Waals surface area (Å²) in [6.07, 6.45) is 1.27. The van der Waals surface area contributed by atoms with Gasteiger partial charge in [0.25, 0.3) is 0 Å². The average molecular weight is 254 g/mol. The van der Waals surface area contributed by atoms with Gasteiger partial charge in [0.15, 0.2) is 0 Å². The SMILES string of the molecule is CCSCCN(CC)CCCBr. The van der Waals surface area contributed by atoms with Crippen LogP contribution in [0.1, 0.15) is 20.3 Å². The monoisotopic (exact) mass is 253 g/mol. The zero-order valence-electron chi connectivity index (χ0n) is 8.18. The Balaban J connectivity index is 3.26. The number of hydrogen-bond donors (Lipinski definition) is 0. The number of halogens is 1. The molecule has 0 spiro atoms. The van der Waals surface area contributed by atoms with E-state index >= 15 is 0 Å². The molecule has 0 fully saturated rings. The van der Waals surface area contributed by atoms with E-state index in [0.717, 1.165) is 5.33 Å². The van der Waals surface area contributed by atoms with Gasteiger partial charge in [0.1, 0.15) is 0 Å². The smallest absolute Gasteiger partial charge is 0.00722 e. The van der Waals surface area contributed by atoms with E-state index in [0.29, 0.717) is 0 Å². The topological polar surface area (TPSA) is 3.24 Å². The Bertz CT molecular complexity index is 90.6. The Kier molecular flexibility index (Phi) is 10.5. The van der Waals surface area contributed by atoms with Crippen molar-refractivity contribution in [2.45, 2.75) is 20.3 Å². The molecule has 0 aromatic rings. The summed E-state index contributed by atoms with van der Waals surface area (Å²) >= 11 is 5.49. The zero-order valence-corrected chi connectivity index (χ0v) is 10.6. The highest BCUT2D eigenvalue weighted by Crippen LogP contribution is 2.01. The number of rotatable bonds is 8. The summed E-state index contributed by atoms with van der Waals surface area (Å²) < 4.78 is 0. The van der Waals surface area contributed by atoms with Crippen LogP contribution in [0, 0.1) is 0 Å². The molecule has 0 saturated carbocycles. The molecule has 0 aromatic heterocycles. The fourth-order valence-electron chi connectivity index (χ4n) is 1.05. The predicted octanol–water partition coefficient (Wildman–Crippen LogP) is 2.85. The van der Waals surface area contributed by atoms with Crippen molar-refractivity contribution < 1.29 is 0 Å². The number of hydrogen-bond acceptors (Lipinski definition) is 2. The van der Waals surface area contributed by atoms with Gasteiger partial charge < -0.3 is 4.90 Å². The molecule has 0 saturated heterocycles. The Morgan fingerprint density at radius 1 is 1.25 bits per heavy atom. The van der Waals surface area contributed by atoms with E-state index in [9.17, 15) is 0 Å². The Morgan fingerprint density at radius 2 is 2.00 bits per heavy atom. The summed E-state index contributed by atoms with van der Waals surface area (Å²) in [7, 11) is 0.